The first kappa shape index (κ1) is 16.2. The van der Waals surface area contributed by atoms with Gasteiger partial charge in [-0.25, -0.2) is 0 Å². The van der Waals surface area contributed by atoms with Crippen LogP contribution in [0.4, 0.5) is 0 Å². The van der Waals surface area contributed by atoms with Crippen LogP contribution in [-0.4, -0.2) is 23.5 Å². The first-order valence-corrected chi connectivity index (χ1v) is 7.84. The number of benzene rings is 2. The third-order valence-corrected chi connectivity index (χ3v) is 3.95. The van der Waals surface area contributed by atoms with Gasteiger partial charge in [-0.3, -0.25) is 4.79 Å². The van der Waals surface area contributed by atoms with Crippen molar-refractivity contribution < 1.29 is 18.8 Å². The fraction of sp³-hybridized carbons (Fsp3) is 0.118. The van der Waals surface area contributed by atoms with Gasteiger partial charge in [0.05, 0.1) is 7.11 Å². The summed E-state index contributed by atoms with van der Waals surface area (Å²) in [5.41, 5.74) is 1.34. The van der Waals surface area contributed by atoms with Crippen LogP contribution in [0.15, 0.2) is 51.5 Å². The maximum absolute atomic E-state index is 10.8. The van der Waals surface area contributed by atoms with Crippen LogP contribution in [0.5, 0.6) is 11.5 Å². The van der Waals surface area contributed by atoms with Gasteiger partial charge in [0.1, 0.15) is 6.29 Å². The standard InChI is InChI=1S/C17H13BrN2O4/c1-22-15-8-11(9-21)6-7-14(15)23-10-16-19-17(20-24-16)12-4-2-3-5-13(12)18/h2-9H,10H2,1H3. The first-order chi connectivity index (χ1) is 11.7. The maximum atomic E-state index is 10.8. The van der Waals surface area contributed by atoms with E-state index in [1.807, 2.05) is 24.3 Å². The van der Waals surface area contributed by atoms with E-state index in [1.54, 1.807) is 18.2 Å². The highest BCUT2D eigenvalue weighted by Crippen LogP contribution is 2.29. The third-order valence-electron chi connectivity index (χ3n) is 3.26. The van der Waals surface area contributed by atoms with Gasteiger partial charge in [0, 0.05) is 15.6 Å². The van der Waals surface area contributed by atoms with Crippen molar-refractivity contribution in [2.45, 2.75) is 6.61 Å². The molecule has 0 amide bonds. The lowest BCUT2D eigenvalue weighted by Crippen LogP contribution is -1.98. The van der Waals surface area contributed by atoms with Gasteiger partial charge in [-0.15, -0.1) is 0 Å². The number of nitrogens with zero attached hydrogens (tertiary/aromatic N) is 2. The van der Waals surface area contributed by atoms with Gasteiger partial charge in [-0.05, 0) is 30.3 Å². The van der Waals surface area contributed by atoms with Crippen molar-refractivity contribution >= 4 is 22.2 Å². The molecule has 7 heteroatoms. The number of ether oxygens (including phenoxy) is 2. The average molecular weight is 389 g/mol. The van der Waals surface area contributed by atoms with Crippen molar-refractivity contribution in [3.05, 3.63) is 58.4 Å². The number of aldehydes is 1. The minimum atomic E-state index is 0.0915. The number of rotatable bonds is 6. The molecule has 0 saturated carbocycles. The highest BCUT2D eigenvalue weighted by molar-refractivity contribution is 9.10. The van der Waals surface area contributed by atoms with E-state index in [-0.39, 0.29) is 6.61 Å². The van der Waals surface area contributed by atoms with E-state index in [9.17, 15) is 4.79 Å². The molecule has 24 heavy (non-hydrogen) atoms. The Morgan fingerprint density at radius 2 is 2.04 bits per heavy atom. The molecule has 0 aliphatic rings. The second kappa shape index (κ2) is 7.27. The molecular formula is C17H13BrN2O4. The molecule has 6 nitrogen and oxygen atoms in total. The van der Waals surface area contributed by atoms with Crippen LogP contribution in [-0.2, 0) is 6.61 Å². The fourth-order valence-electron chi connectivity index (χ4n) is 2.08. The number of halogens is 1. The Bertz CT molecular complexity index is 863. The van der Waals surface area contributed by atoms with Gasteiger partial charge in [0.15, 0.2) is 18.1 Å². The summed E-state index contributed by atoms with van der Waals surface area (Å²) in [6.07, 6.45) is 0.744. The molecule has 0 aliphatic heterocycles. The van der Waals surface area contributed by atoms with Gasteiger partial charge in [0.2, 0.25) is 5.82 Å². The van der Waals surface area contributed by atoms with E-state index >= 15 is 0 Å². The van der Waals surface area contributed by atoms with Gasteiger partial charge < -0.3 is 14.0 Å². The minimum absolute atomic E-state index is 0.0915. The van der Waals surface area contributed by atoms with Crippen LogP contribution in [0.3, 0.4) is 0 Å². The summed E-state index contributed by atoms with van der Waals surface area (Å²) in [6.45, 7) is 0.0915. The molecule has 1 aromatic heterocycles. The summed E-state index contributed by atoms with van der Waals surface area (Å²) in [7, 11) is 1.51. The molecule has 0 N–H and O–H groups in total. The van der Waals surface area contributed by atoms with E-state index in [1.165, 1.54) is 7.11 Å². The van der Waals surface area contributed by atoms with Crippen molar-refractivity contribution in [2.75, 3.05) is 7.11 Å². The fourth-order valence-corrected chi connectivity index (χ4v) is 2.54. The molecule has 0 saturated heterocycles. The lowest BCUT2D eigenvalue weighted by molar-refractivity contribution is 0.112. The molecule has 1 heterocycles. The third kappa shape index (κ3) is 3.46. The zero-order chi connectivity index (χ0) is 16.9. The Morgan fingerprint density at radius 1 is 1.21 bits per heavy atom. The zero-order valence-corrected chi connectivity index (χ0v) is 14.3. The zero-order valence-electron chi connectivity index (χ0n) is 12.7. The Hall–Kier alpha value is -2.67. The molecule has 0 unspecified atom stereocenters. The molecule has 0 radical (unpaired) electrons. The number of carbonyl (C=O) groups is 1. The monoisotopic (exact) mass is 388 g/mol. The molecule has 0 spiro atoms. The largest absolute Gasteiger partial charge is 0.493 e. The van der Waals surface area contributed by atoms with Crippen LogP contribution < -0.4 is 9.47 Å². The molecule has 3 rings (SSSR count). The van der Waals surface area contributed by atoms with Gasteiger partial charge in [0.25, 0.3) is 5.89 Å². The summed E-state index contributed by atoms with van der Waals surface area (Å²) < 4.78 is 16.9. The topological polar surface area (TPSA) is 74.5 Å². The average Bonchev–Trinajstić information content (AvgIpc) is 3.09. The normalized spacial score (nSPS) is 10.4. The number of hydrogen-bond acceptors (Lipinski definition) is 6. The number of hydrogen-bond donors (Lipinski definition) is 0. The van der Waals surface area contributed by atoms with Gasteiger partial charge in [-0.1, -0.05) is 33.2 Å². The van der Waals surface area contributed by atoms with E-state index in [0.717, 1.165) is 16.3 Å². The maximum Gasteiger partial charge on any atom is 0.264 e. The van der Waals surface area contributed by atoms with E-state index in [2.05, 4.69) is 26.1 Å². The Morgan fingerprint density at radius 3 is 2.79 bits per heavy atom. The summed E-state index contributed by atoms with van der Waals surface area (Å²) in [5.74, 6) is 1.76. The molecule has 122 valence electrons. The minimum Gasteiger partial charge on any atom is -0.493 e. The molecule has 3 aromatic rings. The molecule has 0 atom stereocenters. The van der Waals surface area contributed by atoms with Crippen molar-refractivity contribution in [3.63, 3.8) is 0 Å². The van der Waals surface area contributed by atoms with Gasteiger partial charge in [-0.2, -0.15) is 4.98 Å². The van der Waals surface area contributed by atoms with Gasteiger partial charge >= 0.3 is 0 Å². The second-order valence-electron chi connectivity index (χ2n) is 4.81. The lowest BCUT2D eigenvalue weighted by Gasteiger charge is -2.09. The van der Waals surface area contributed by atoms with Crippen LogP contribution in [0.2, 0.25) is 0 Å². The molecule has 0 bridgehead atoms. The Labute approximate surface area is 146 Å². The van der Waals surface area contributed by atoms with Crippen molar-refractivity contribution in [2.24, 2.45) is 0 Å². The number of carbonyl (C=O) groups excluding carboxylic acids is 1. The van der Waals surface area contributed by atoms with Crippen LogP contribution >= 0.6 is 15.9 Å². The highest BCUT2D eigenvalue weighted by atomic mass is 79.9. The predicted octanol–water partition coefficient (Wildman–Crippen LogP) is 3.90. The van der Waals surface area contributed by atoms with Crippen LogP contribution in [0, 0.1) is 0 Å². The quantitative estimate of drug-likeness (QED) is 0.596. The molecule has 0 fully saturated rings. The smallest absolute Gasteiger partial charge is 0.264 e. The Kier molecular flexibility index (Phi) is 4.90. The SMILES string of the molecule is COc1cc(C=O)ccc1OCc1nc(-c2ccccc2Br)no1. The summed E-state index contributed by atoms with van der Waals surface area (Å²) in [4.78, 5) is 15.1. The van der Waals surface area contributed by atoms with Crippen molar-refractivity contribution in [1.29, 1.82) is 0 Å². The number of methoxy groups -OCH3 is 1. The molecular weight excluding hydrogens is 376 g/mol. The predicted molar refractivity (Wildman–Crippen MR) is 90.1 cm³/mol. The summed E-state index contributed by atoms with van der Waals surface area (Å²) in [5, 5.41) is 3.96. The molecule has 2 aromatic carbocycles. The second-order valence-corrected chi connectivity index (χ2v) is 5.66. The van der Waals surface area contributed by atoms with Crippen LogP contribution in [0.25, 0.3) is 11.4 Å². The summed E-state index contributed by atoms with van der Waals surface area (Å²) in [6, 6.07) is 12.5. The van der Waals surface area contributed by atoms with Crippen molar-refractivity contribution in [1.82, 2.24) is 10.1 Å². The Balaban J connectivity index is 1.74. The highest BCUT2D eigenvalue weighted by Gasteiger charge is 2.13. The van der Waals surface area contributed by atoms with Crippen molar-refractivity contribution in [3.8, 4) is 22.9 Å². The molecule has 0 aliphatic carbocycles. The van der Waals surface area contributed by atoms with E-state index in [4.69, 9.17) is 14.0 Å². The first-order valence-electron chi connectivity index (χ1n) is 7.04. The number of aromatic nitrogens is 2. The van der Waals surface area contributed by atoms with Crippen LogP contribution in [0.1, 0.15) is 16.2 Å². The summed E-state index contributed by atoms with van der Waals surface area (Å²) >= 11 is 3.45. The lowest BCUT2D eigenvalue weighted by atomic mass is 10.2. The van der Waals surface area contributed by atoms with E-state index < -0.39 is 0 Å². The van der Waals surface area contributed by atoms with E-state index in [0.29, 0.717) is 28.8 Å².